The maximum atomic E-state index is 13.5. The van der Waals surface area contributed by atoms with E-state index in [9.17, 15) is 4.39 Å². The summed E-state index contributed by atoms with van der Waals surface area (Å²) in [5.41, 5.74) is 2.79. The molecule has 0 aliphatic carbocycles. The van der Waals surface area contributed by atoms with E-state index in [0.29, 0.717) is 5.88 Å². The van der Waals surface area contributed by atoms with Gasteiger partial charge < -0.3 is 10.1 Å². The minimum atomic E-state index is -0.247. The third kappa shape index (κ3) is 2.74. The molecule has 0 saturated heterocycles. The van der Waals surface area contributed by atoms with Gasteiger partial charge in [-0.25, -0.2) is 9.37 Å². The zero-order valence-electron chi connectivity index (χ0n) is 11.3. The smallest absolute Gasteiger partial charge is 0.218 e. The molecule has 0 aliphatic rings. The molecule has 1 atom stereocenters. The number of ether oxygens (including phenoxy) is 1. The molecule has 1 unspecified atom stereocenters. The van der Waals surface area contributed by atoms with E-state index in [0.717, 1.165) is 16.7 Å². The van der Waals surface area contributed by atoms with Crippen molar-refractivity contribution in [3.05, 3.63) is 59.0 Å². The zero-order chi connectivity index (χ0) is 13.8. The Balaban J connectivity index is 2.53. The number of hydrogen-bond donors (Lipinski definition) is 1. The quantitative estimate of drug-likeness (QED) is 0.918. The van der Waals surface area contributed by atoms with Gasteiger partial charge in [0.05, 0.1) is 13.2 Å². The molecule has 1 aromatic heterocycles. The molecule has 0 radical (unpaired) electrons. The number of benzene rings is 1. The van der Waals surface area contributed by atoms with Crippen molar-refractivity contribution in [1.82, 2.24) is 10.3 Å². The summed E-state index contributed by atoms with van der Waals surface area (Å²) in [5, 5.41) is 3.19. The highest BCUT2D eigenvalue weighted by atomic mass is 19.1. The normalized spacial score (nSPS) is 12.2. The Kier molecular flexibility index (Phi) is 4.12. The summed E-state index contributed by atoms with van der Waals surface area (Å²) in [7, 11) is 3.42. The maximum absolute atomic E-state index is 13.5. The van der Waals surface area contributed by atoms with Crippen LogP contribution in [0, 0.1) is 12.7 Å². The van der Waals surface area contributed by atoms with Gasteiger partial charge in [0.15, 0.2) is 0 Å². The number of pyridine rings is 1. The highest BCUT2D eigenvalue weighted by Gasteiger charge is 2.19. The Labute approximate surface area is 112 Å². The number of aryl methyl sites for hydroxylation is 1. The van der Waals surface area contributed by atoms with Crippen molar-refractivity contribution in [2.24, 2.45) is 0 Å². The van der Waals surface area contributed by atoms with E-state index >= 15 is 0 Å². The number of nitrogens with zero attached hydrogens (tertiary/aromatic N) is 1. The predicted molar refractivity (Wildman–Crippen MR) is 72.8 cm³/mol. The highest BCUT2D eigenvalue weighted by molar-refractivity contribution is 5.40. The first-order chi connectivity index (χ1) is 9.17. The Bertz CT molecular complexity index is 572. The molecule has 100 valence electrons. The van der Waals surface area contributed by atoms with Crippen LogP contribution >= 0.6 is 0 Å². The lowest BCUT2D eigenvalue weighted by molar-refractivity contribution is 0.388. The van der Waals surface area contributed by atoms with Crippen LogP contribution in [0.15, 0.2) is 36.5 Å². The minimum absolute atomic E-state index is 0.153. The first-order valence-electron chi connectivity index (χ1n) is 6.09. The van der Waals surface area contributed by atoms with E-state index in [4.69, 9.17) is 4.74 Å². The standard InChI is InChI=1S/C15H17FN2O/c1-10-6-7-11(16)9-13(10)14(17-2)12-5-4-8-18-15(12)19-3/h4-9,14,17H,1-3H3. The van der Waals surface area contributed by atoms with Crippen molar-refractivity contribution in [3.8, 4) is 5.88 Å². The monoisotopic (exact) mass is 260 g/mol. The molecule has 1 heterocycles. The fourth-order valence-electron chi connectivity index (χ4n) is 2.19. The number of rotatable bonds is 4. The van der Waals surface area contributed by atoms with Gasteiger partial charge in [0, 0.05) is 11.8 Å². The highest BCUT2D eigenvalue weighted by Crippen LogP contribution is 2.30. The van der Waals surface area contributed by atoms with Gasteiger partial charge in [0.2, 0.25) is 5.88 Å². The van der Waals surface area contributed by atoms with Crippen LogP contribution in [-0.4, -0.2) is 19.1 Å². The molecule has 3 nitrogen and oxygen atoms in total. The molecule has 0 saturated carbocycles. The average Bonchev–Trinajstić information content (AvgIpc) is 2.44. The molecular formula is C15H17FN2O. The first kappa shape index (κ1) is 13.5. The van der Waals surface area contributed by atoms with Crippen LogP contribution in [0.5, 0.6) is 5.88 Å². The number of halogens is 1. The van der Waals surface area contributed by atoms with Crippen LogP contribution in [0.2, 0.25) is 0 Å². The van der Waals surface area contributed by atoms with E-state index in [1.165, 1.54) is 6.07 Å². The van der Waals surface area contributed by atoms with E-state index in [2.05, 4.69) is 10.3 Å². The number of nitrogens with one attached hydrogen (secondary N) is 1. The fourth-order valence-corrected chi connectivity index (χ4v) is 2.19. The lowest BCUT2D eigenvalue weighted by Crippen LogP contribution is -2.20. The lowest BCUT2D eigenvalue weighted by Gasteiger charge is -2.20. The largest absolute Gasteiger partial charge is 0.481 e. The number of methoxy groups -OCH3 is 1. The van der Waals surface area contributed by atoms with Crippen LogP contribution < -0.4 is 10.1 Å². The molecule has 0 aliphatic heterocycles. The Morgan fingerprint density at radius 2 is 2.05 bits per heavy atom. The molecule has 1 aromatic carbocycles. The molecule has 0 amide bonds. The molecule has 2 rings (SSSR count). The summed E-state index contributed by atoms with van der Waals surface area (Å²) in [4.78, 5) is 4.19. The van der Waals surface area contributed by atoms with Gasteiger partial charge >= 0.3 is 0 Å². The third-order valence-electron chi connectivity index (χ3n) is 3.15. The predicted octanol–water partition coefficient (Wildman–Crippen LogP) is 2.85. The van der Waals surface area contributed by atoms with Gasteiger partial charge in [0.1, 0.15) is 5.82 Å². The molecule has 4 heteroatoms. The minimum Gasteiger partial charge on any atom is -0.481 e. The van der Waals surface area contributed by atoms with Crippen molar-refractivity contribution in [3.63, 3.8) is 0 Å². The molecule has 0 spiro atoms. The fraction of sp³-hybridized carbons (Fsp3) is 0.267. The zero-order valence-corrected chi connectivity index (χ0v) is 11.3. The van der Waals surface area contributed by atoms with Crippen LogP contribution in [0.4, 0.5) is 4.39 Å². The van der Waals surface area contributed by atoms with Crippen LogP contribution in [0.1, 0.15) is 22.7 Å². The van der Waals surface area contributed by atoms with E-state index in [1.54, 1.807) is 25.4 Å². The van der Waals surface area contributed by atoms with Gasteiger partial charge in [0.25, 0.3) is 0 Å². The first-order valence-corrected chi connectivity index (χ1v) is 6.09. The molecule has 2 aromatic rings. The van der Waals surface area contributed by atoms with Gasteiger partial charge in [-0.15, -0.1) is 0 Å². The van der Waals surface area contributed by atoms with E-state index in [-0.39, 0.29) is 11.9 Å². The number of hydrogen-bond acceptors (Lipinski definition) is 3. The summed E-state index contributed by atoms with van der Waals surface area (Å²) in [6.45, 7) is 1.96. The second kappa shape index (κ2) is 5.80. The second-order valence-corrected chi connectivity index (χ2v) is 4.32. The second-order valence-electron chi connectivity index (χ2n) is 4.32. The molecule has 0 fully saturated rings. The van der Waals surface area contributed by atoms with Crippen molar-refractivity contribution in [2.75, 3.05) is 14.2 Å². The molecular weight excluding hydrogens is 243 g/mol. The summed E-state index contributed by atoms with van der Waals surface area (Å²) in [6.07, 6.45) is 1.67. The topological polar surface area (TPSA) is 34.2 Å². The van der Waals surface area contributed by atoms with Crippen molar-refractivity contribution >= 4 is 0 Å². The Morgan fingerprint density at radius 1 is 1.26 bits per heavy atom. The number of aromatic nitrogens is 1. The van der Waals surface area contributed by atoms with Gasteiger partial charge in [-0.05, 0) is 43.3 Å². The van der Waals surface area contributed by atoms with Gasteiger partial charge in [-0.1, -0.05) is 12.1 Å². The van der Waals surface area contributed by atoms with Crippen LogP contribution in [-0.2, 0) is 0 Å². The summed E-state index contributed by atoms with van der Waals surface area (Å²) >= 11 is 0. The van der Waals surface area contributed by atoms with Crippen molar-refractivity contribution in [1.29, 1.82) is 0 Å². The Hall–Kier alpha value is -1.94. The summed E-state index contributed by atoms with van der Waals surface area (Å²) < 4.78 is 18.7. The van der Waals surface area contributed by atoms with Crippen LogP contribution in [0.3, 0.4) is 0 Å². The summed E-state index contributed by atoms with van der Waals surface area (Å²) in [6, 6.07) is 8.40. The maximum Gasteiger partial charge on any atom is 0.218 e. The van der Waals surface area contributed by atoms with E-state index in [1.807, 2.05) is 26.1 Å². The molecule has 1 N–H and O–H groups in total. The van der Waals surface area contributed by atoms with Crippen molar-refractivity contribution < 1.29 is 9.13 Å². The van der Waals surface area contributed by atoms with Gasteiger partial charge in [-0.3, -0.25) is 0 Å². The van der Waals surface area contributed by atoms with Gasteiger partial charge in [-0.2, -0.15) is 0 Å². The van der Waals surface area contributed by atoms with Crippen LogP contribution in [0.25, 0.3) is 0 Å². The Morgan fingerprint density at radius 3 is 2.74 bits per heavy atom. The lowest BCUT2D eigenvalue weighted by atomic mass is 9.95. The molecule has 19 heavy (non-hydrogen) atoms. The SMILES string of the molecule is CNC(c1cc(F)ccc1C)c1cccnc1OC. The average molecular weight is 260 g/mol. The van der Waals surface area contributed by atoms with Crippen molar-refractivity contribution in [2.45, 2.75) is 13.0 Å². The van der Waals surface area contributed by atoms with E-state index < -0.39 is 0 Å². The summed E-state index contributed by atoms with van der Waals surface area (Å²) in [5.74, 6) is 0.300. The third-order valence-corrected chi connectivity index (χ3v) is 3.15. The molecule has 0 bridgehead atoms.